The summed E-state index contributed by atoms with van der Waals surface area (Å²) in [6.45, 7) is 1.67. The summed E-state index contributed by atoms with van der Waals surface area (Å²) < 4.78 is 26.0. The number of hydrogen-bond acceptors (Lipinski definition) is 6. The van der Waals surface area contributed by atoms with Crippen molar-refractivity contribution in [2.75, 3.05) is 5.32 Å². The number of hydrogen-bond donors (Lipinski definition) is 1. The van der Waals surface area contributed by atoms with Crippen molar-refractivity contribution < 1.29 is 22.9 Å². The first-order valence-corrected chi connectivity index (χ1v) is 10.3. The third-order valence-corrected chi connectivity index (χ3v) is 6.73. The Morgan fingerprint density at radius 3 is 2.40 bits per heavy atom. The molecule has 0 aliphatic carbocycles. The second-order valence-electron chi connectivity index (χ2n) is 6.75. The number of nitro benzene ring substituents is 1. The number of nitro groups is 1. The van der Waals surface area contributed by atoms with Gasteiger partial charge in [0.15, 0.2) is 5.78 Å². The number of fused-ring (bicyclic) bond motifs is 2. The maximum absolute atomic E-state index is 13.0. The molecule has 0 fully saturated rings. The Kier molecular flexibility index (Phi) is 4.47. The molecule has 0 aromatic heterocycles. The molecule has 3 aromatic rings. The Morgan fingerprint density at radius 2 is 1.67 bits per heavy atom. The fraction of sp³-hybridized carbons (Fsp3) is 0.0476. The van der Waals surface area contributed by atoms with Crippen molar-refractivity contribution in [1.82, 2.24) is 0 Å². The van der Waals surface area contributed by atoms with Crippen LogP contribution in [0.25, 0.3) is 0 Å². The molecule has 0 unspecified atom stereocenters. The van der Waals surface area contributed by atoms with Crippen LogP contribution in [-0.4, -0.2) is 25.0 Å². The average Bonchev–Trinajstić information content (AvgIpc) is 2.73. The van der Waals surface area contributed by atoms with Crippen molar-refractivity contribution in [2.24, 2.45) is 0 Å². The van der Waals surface area contributed by atoms with Crippen LogP contribution in [0.3, 0.4) is 0 Å². The molecular formula is C21H14N2O6S. The number of amides is 1. The molecule has 0 radical (unpaired) electrons. The summed E-state index contributed by atoms with van der Waals surface area (Å²) in [4.78, 5) is 35.5. The molecular weight excluding hydrogens is 408 g/mol. The molecule has 0 bridgehead atoms. The predicted octanol–water partition coefficient (Wildman–Crippen LogP) is 3.53. The topological polar surface area (TPSA) is 123 Å². The normalized spacial score (nSPS) is 13.8. The number of anilines is 1. The maximum Gasteiger partial charge on any atom is 0.271 e. The highest BCUT2D eigenvalue weighted by Gasteiger charge is 2.35. The number of nitrogens with one attached hydrogen (secondary N) is 1. The largest absolute Gasteiger partial charge is 0.321 e. The zero-order valence-corrected chi connectivity index (χ0v) is 16.4. The molecule has 0 spiro atoms. The minimum Gasteiger partial charge on any atom is -0.321 e. The Bertz CT molecular complexity index is 1360. The third-order valence-electron chi connectivity index (χ3n) is 4.88. The molecule has 150 valence electrons. The van der Waals surface area contributed by atoms with Crippen molar-refractivity contribution in [3.63, 3.8) is 0 Å². The molecule has 3 aromatic carbocycles. The van der Waals surface area contributed by atoms with Crippen molar-refractivity contribution in [2.45, 2.75) is 16.7 Å². The average molecular weight is 422 g/mol. The highest BCUT2D eigenvalue weighted by Crippen LogP contribution is 2.35. The van der Waals surface area contributed by atoms with Crippen LogP contribution < -0.4 is 5.32 Å². The number of nitrogens with zero attached hydrogens (tertiary/aromatic N) is 1. The number of aryl methyl sites for hydroxylation is 1. The van der Waals surface area contributed by atoms with Gasteiger partial charge in [0, 0.05) is 28.8 Å². The zero-order chi connectivity index (χ0) is 21.6. The maximum atomic E-state index is 13.0. The van der Waals surface area contributed by atoms with Gasteiger partial charge in [-0.1, -0.05) is 18.2 Å². The lowest BCUT2D eigenvalue weighted by molar-refractivity contribution is -0.384. The van der Waals surface area contributed by atoms with Gasteiger partial charge in [0.25, 0.3) is 11.6 Å². The summed E-state index contributed by atoms with van der Waals surface area (Å²) in [6.07, 6.45) is 0. The number of benzene rings is 3. The SMILES string of the molecule is Cc1ccc([N+](=O)[O-])cc1NC(=O)c1ccc2c(c1)S(=O)(=O)c1ccccc1C2=O. The number of rotatable bonds is 3. The molecule has 1 heterocycles. The molecule has 1 N–H and O–H groups in total. The monoisotopic (exact) mass is 422 g/mol. The Labute approximate surface area is 171 Å². The van der Waals surface area contributed by atoms with Crippen molar-refractivity contribution >= 4 is 32.9 Å². The fourth-order valence-corrected chi connectivity index (χ4v) is 4.96. The lowest BCUT2D eigenvalue weighted by atomic mass is 10.0. The second-order valence-corrected chi connectivity index (χ2v) is 8.64. The molecule has 0 atom stereocenters. The molecule has 8 nitrogen and oxygen atoms in total. The van der Waals surface area contributed by atoms with Gasteiger partial charge in [-0.05, 0) is 42.8 Å². The Hall–Kier alpha value is -3.85. The van der Waals surface area contributed by atoms with E-state index in [1.807, 2.05) is 0 Å². The molecule has 1 amide bonds. The van der Waals surface area contributed by atoms with Crippen molar-refractivity contribution in [1.29, 1.82) is 0 Å². The number of ketones is 1. The van der Waals surface area contributed by atoms with Crippen molar-refractivity contribution in [3.05, 3.63) is 93.0 Å². The lowest BCUT2D eigenvalue weighted by Crippen LogP contribution is -2.21. The van der Waals surface area contributed by atoms with E-state index in [2.05, 4.69) is 5.32 Å². The van der Waals surface area contributed by atoms with Gasteiger partial charge in [0.2, 0.25) is 9.84 Å². The van der Waals surface area contributed by atoms with E-state index in [-0.39, 0.29) is 37.9 Å². The van der Waals surface area contributed by atoms with E-state index in [9.17, 15) is 28.1 Å². The van der Waals surface area contributed by atoms with Gasteiger partial charge in [0.1, 0.15) is 0 Å². The highest BCUT2D eigenvalue weighted by molar-refractivity contribution is 7.91. The quantitative estimate of drug-likeness (QED) is 0.398. The van der Waals surface area contributed by atoms with E-state index >= 15 is 0 Å². The summed E-state index contributed by atoms with van der Waals surface area (Å²) in [6, 6.07) is 13.8. The summed E-state index contributed by atoms with van der Waals surface area (Å²) in [7, 11) is -3.98. The molecule has 30 heavy (non-hydrogen) atoms. The third kappa shape index (κ3) is 3.05. The van der Waals surface area contributed by atoms with Gasteiger partial charge in [-0.15, -0.1) is 0 Å². The van der Waals surface area contributed by atoms with Gasteiger partial charge >= 0.3 is 0 Å². The standard InChI is InChI=1S/C21H14N2O6S/c1-12-6-8-14(23(26)27)11-17(12)22-21(25)13-7-9-16-19(10-13)30(28,29)18-5-3-2-4-15(18)20(16)24/h2-11H,1H3,(H,22,25). The first-order chi connectivity index (χ1) is 14.2. The number of carbonyl (C=O) groups is 2. The Balaban J connectivity index is 1.74. The van der Waals surface area contributed by atoms with Gasteiger partial charge in [-0.25, -0.2) is 8.42 Å². The first-order valence-electron chi connectivity index (χ1n) is 8.79. The second kappa shape index (κ2) is 6.89. The van der Waals surface area contributed by atoms with Crippen LogP contribution in [0.1, 0.15) is 31.8 Å². The molecule has 1 aliphatic rings. The van der Waals surface area contributed by atoms with E-state index in [4.69, 9.17) is 0 Å². The van der Waals surface area contributed by atoms with Gasteiger partial charge < -0.3 is 5.32 Å². The molecule has 1 aliphatic heterocycles. The molecule has 9 heteroatoms. The van der Waals surface area contributed by atoms with Crippen LogP contribution in [0.5, 0.6) is 0 Å². The molecule has 0 saturated carbocycles. The predicted molar refractivity (Wildman–Crippen MR) is 108 cm³/mol. The smallest absolute Gasteiger partial charge is 0.271 e. The van der Waals surface area contributed by atoms with Crippen LogP contribution in [0.4, 0.5) is 11.4 Å². The summed E-state index contributed by atoms with van der Waals surface area (Å²) in [5, 5.41) is 13.5. The number of sulfone groups is 1. The summed E-state index contributed by atoms with van der Waals surface area (Å²) in [5.74, 6) is -1.08. The van der Waals surface area contributed by atoms with Crippen LogP contribution in [0.15, 0.2) is 70.5 Å². The van der Waals surface area contributed by atoms with E-state index in [0.717, 1.165) is 6.07 Å². The van der Waals surface area contributed by atoms with Gasteiger partial charge in [-0.3, -0.25) is 19.7 Å². The zero-order valence-electron chi connectivity index (χ0n) is 15.6. The van der Waals surface area contributed by atoms with Gasteiger partial charge in [-0.2, -0.15) is 0 Å². The van der Waals surface area contributed by atoms with E-state index in [1.54, 1.807) is 13.0 Å². The van der Waals surface area contributed by atoms with Gasteiger partial charge in [0.05, 0.1) is 20.4 Å². The number of non-ortho nitro benzene ring substituents is 1. The molecule has 0 saturated heterocycles. The van der Waals surface area contributed by atoms with Crippen LogP contribution in [0, 0.1) is 17.0 Å². The fourth-order valence-electron chi connectivity index (χ4n) is 3.28. The molecule has 4 rings (SSSR count). The number of carbonyl (C=O) groups excluding carboxylic acids is 2. The minimum atomic E-state index is -3.98. The first kappa shape index (κ1) is 19.5. The van der Waals surface area contributed by atoms with Crippen LogP contribution in [0.2, 0.25) is 0 Å². The van der Waals surface area contributed by atoms with Crippen LogP contribution >= 0.6 is 0 Å². The van der Waals surface area contributed by atoms with E-state index in [1.165, 1.54) is 48.5 Å². The van der Waals surface area contributed by atoms with E-state index < -0.39 is 26.5 Å². The van der Waals surface area contributed by atoms with Crippen molar-refractivity contribution in [3.8, 4) is 0 Å². The lowest BCUT2D eigenvalue weighted by Gasteiger charge is -2.19. The van der Waals surface area contributed by atoms with Crippen LogP contribution in [-0.2, 0) is 9.84 Å². The minimum absolute atomic E-state index is 0.00298. The summed E-state index contributed by atoms with van der Waals surface area (Å²) >= 11 is 0. The highest BCUT2D eigenvalue weighted by atomic mass is 32.2. The van der Waals surface area contributed by atoms with E-state index in [0.29, 0.717) is 5.56 Å². The summed E-state index contributed by atoms with van der Waals surface area (Å²) in [5.41, 5.74) is 0.743. The Morgan fingerprint density at radius 1 is 0.967 bits per heavy atom.